The molecule has 5 fully saturated rings. The van der Waals surface area contributed by atoms with Crippen LogP contribution in [-0.4, -0.2) is 38.3 Å². The highest BCUT2D eigenvalue weighted by Gasteiger charge is 2.50. The molecule has 29 heavy (non-hydrogen) atoms. The molecule has 0 unspecified atom stereocenters. The molecule has 6 rings (SSSR count). The number of carbonyl (C=O) groups is 1. The third-order valence-electron chi connectivity index (χ3n) is 7.86. The van der Waals surface area contributed by atoms with Gasteiger partial charge in [-0.2, -0.15) is 4.31 Å². The lowest BCUT2D eigenvalue weighted by molar-refractivity contribution is -0.0503. The van der Waals surface area contributed by atoms with Gasteiger partial charge in [0.05, 0.1) is 4.90 Å². The summed E-state index contributed by atoms with van der Waals surface area (Å²) in [7, 11) is -3.45. The Morgan fingerprint density at radius 2 is 1.48 bits per heavy atom. The Kier molecular flexibility index (Phi) is 4.98. The molecule has 1 aromatic rings. The van der Waals surface area contributed by atoms with Gasteiger partial charge in [0.1, 0.15) is 0 Å². The van der Waals surface area contributed by atoms with E-state index in [0.717, 1.165) is 43.6 Å². The van der Waals surface area contributed by atoms with E-state index in [1.807, 2.05) is 0 Å². The van der Waals surface area contributed by atoms with Crippen LogP contribution in [0.5, 0.6) is 0 Å². The Morgan fingerprint density at radius 3 is 2.03 bits per heavy atom. The van der Waals surface area contributed by atoms with Crippen molar-refractivity contribution in [3.63, 3.8) is 0 Å². The second-order valence-electron chi connectivity index (χ2n) is 10.1. The predicted molar refractivity (Wildman–Crippen MR) is 112 cm³/mol. The molecule has 5 aliphatic rings. The monoisotopic (exact) mass is 416 g/mol. The maximum Gasteiger partial charge on any atom is 0.251 e. The van der Waals surface area contributed by atoms with Crippen molar-refractivity contribution in [2.75, 3.05) is 19.6 Å². The normalized spacial score (nSPS) is 34.3. The Hall–Kier alpha value is -1.40. The van der Waals surface area contributed by atoms with Gasteiger partial charge in [0, 0.05) is 25.2 Å². The highest BCUT2D eigenvalue weighted by molar-refractivity contribution is 7.89. The van der Waals surface area contributed by atoms with Gasteiger partial charge in [0.2, 0.25) is 10.0 Å². The molecule has 4 bridgehead atoms. The number of benzene rings is 1. The minimum atomic E-state index is -3.45. The summed E-state index contributed by atoms with van der Waals surface area (Å²) in [6, 6.07) is 6.49. The van der Waals surface area contributed by atoms with E-state index in [1.165, 1.54) is 38.5 Å². The molecule has 1 aromatic carbocycles. The lowest BCUT2D eigenvalue weighted by atomic mass is 9.49. The average molecular weight is 417 g/mol. The first kappa shape index (κ1) is 19.6. The number of sulfonamides is 1. The van der Waals surface area contributed by atoms with E-state index in [2.05, 4.69) is 5.32 Å². The molecule has 0 spiro atoms. The first-order valence-electron chi connectivity index (χ1n) is 11.3. The molecule has 1 saturated heterocycles. The van der Waals surface area contributed by atoms with Crippen molar-refractivity contribution in [1.29, 1.82) is 0 Å². The number of piperidine rings is 1. The molecule has 1 heterocycles. The molecular formula is C23H32N2O3S. The molecule has 0 radical (unpaired) electrons. The fourth-order valence-electron chi connectivity index (χ4n) is 6.91. The summed E-state index contributed by atoms with van der Waals surface area (Å²) < 4.78 is 27.1. The number of amides is 1. The number of carbonyl (C=O) groups excluding carboxylic acids is 1. The zero-order valence-electron chi connectivity index (χ0n) is 17.1. The third-order valence-corrected chi connectivity index (χ3v) is 9.77. The highest BCUT2D eigenvalue weighted by atomic mass is 32.2. The van der Waals surface area contributed by atoms with E-state index in [0.29, 0.717) is 24.1 Å². The van der Waals surface area contributed by atoms with Crippen LogP contribution >= 0.6 is 0 Å². The van der Waals surface area contributed by atoms with Gasteiger partial charge < -0.3 is 5.32 Å². The second-order valence-corrected chi connectivity index (χ2v) is 12.0. The van der Waals surface area contributed by atoms with Crippen LogP contribution in [0.4, 0.5) is 0 Å². The fourth-order valence-corrected chi connectivity index (χ4v) is 8.43. The third kappa shape index (κ3) is 3.74. The molecule has 0 aromatic heterocycles. The molecule has 1 aliphatic heterocycles. The minimum absolute atomic E-state index is 0.0809. The highest BCUT2D eigenvalue weighted by Crippen LogP contribution is 2.59. The zero-order valence-corrected chi connectivity index (χ0v) is 17.9. The summed E-state index contributed by atoms with van der Waals surface area (Å²) in [4.78, 5) is 13.0. The molecule has 1 N–H and O–H groups in total. The zero-order chi connectivity index (χ0) is 20.1. The molecule has 4 saturated carbocycles. The van der Waals surface area contributed by atoms with Gasteiger partial charge in [-0.3, -0.25) is 4.79 Å². The molecule has 1 amide bonds. The molecule has 0 atom stereocenters. The van der Waals surface area contributed by atoms with Gasteiger partial charge in [-0.15, -0.1) is 0 Å². The van der Waals surface area contributed by atoms with Gasteiger partial charge in [-0.25, -0.2) is 8.42 Å². The predicted octanol–water partition coefficient (Wildman–Crippen LogP) is 3.81. The van der Waals surface area contributed by atoms with E-state index in [9.17, 15) is 13.2 Å². The maximum atomic E-state index is 12.8. The van der Waals surface area contributed by atoms with Crippen LogP contribution in [0.3, 0.4) is 0 Å². The number of nitrogens with one attached hydrogen (secondary N) is 1. The molecule has 158 valence electrons. The van der Waals surface area contributed by atoms with E-state index in [1.54, 1.807) is 28.6 Å². The lowest BCUT2D eigenvalue weighted by Crippen LogP contribution is -2.51. The molecular weight excluding hydrogens is 384 g/mol. The average Bonchev–Trinajstić information content (AvgIpc) is 2.72. The summed E-state index contributed by atoms with van der Waals surface area (Å²) >= 11 is 0. The fraction of sp³-hybridized carbons (Fsp3) is 0.696. The van der Waals surface area contributed by atoms with Crippen LogP contribution in [0.2, 0.25) is 0 Å². The van der Waals surface area contributed by atoms with E-state index >= 15 is 0 Å². The molecule has 5 nitrogen and oxygen atoms in total. The van der Waals surface area contributed by atoms with E-state index < -0.39 is 10.0 Å². The minimum Gasteiger partial charge on any atom is -0.351 e. The van der Waals surface area contributed by atoms with Crippen molar-refractivity contribution in [1.82, 2.24) is 9.62 Å². The van der Waals surface area contributed by atoms with Crippen molar-refractivity contribution >= 4 is 15.9 Å². The van der Waals surface area contributed by atoms with Crippen LogP contribution in [0.25, 0.3) is 0 Å². The van der Waals surface area contributed by atoms with Gasteiger partial charge in [-0.1, -0.05) is 6.42 Å². The lowest BCUT2D eigenvalue weighted by Gasteiger charge is -2.56. The van der Waals surface area contributed by atoms with Gasteiger partial charge >= 0.3 is 0 Å². The largest absolute Gasteiger partial charge is 0.351 e. The van der Waals surface area contributed by atoms with Gasteiger partial charge in [0.25, 0.3) is 5.91 Å². The quantitative estimate of drug-likeness (QED) is 0.794. The number of hydrogen-bond acceptors (Lipinski definition) is 3. The Morgan fingerprint density at radius 1 is 0.931 bits per heavy atom. The van der Waals surface area contributed by atoms with Crippen LogP contribution in [0.15, 0.2) is 29.2 Å². The first-order chi connectivity index (χ1) is 13.9. The summed E-state index contributed by atoms with van der Waals surface area (Å²) in [5.41, 5.74) is 0.856. The molecule has 4 aliphatic carbocycles. The number of nitrogens with zero attached hydrogens (tertiary/aromatic N) is 1. The molecule has 6 heteroatoms. The van der Waals surface area contributed by atoms with Crippen molar-refractivity contribution in [2.45, 2.75) is 62.7 Å². The Labute approximate surface area is 174 Å². The van der Waals surface area contributed by atoms with Crippen molar-refractivity contribution in [2.24, 2.45) is 23.2 Å². The smallest absolute Gasteiger partial charge is 0.251 e. The Balaban J connectivity index is 1.23. The number of hydrogen-bond donors (Lipinski definition) is 1. The van der Waals surface area contributed by atoms with Crippen LogP contribution in [0.1, 0.15) is 68.1 Å². The standard InChI is InChI=1S/C23H32N2O3S/c26-22(24-16-23-13-17-10-18(14-23)12-19(11-17)15-23)20-4-6-21(7-5-20)29(27,28)25-8-2-1-3-9-25/h4-7,17-19H,1-3,8-16H2,(H,24,26). The van der Waals surface area contributed by atoms with Crippen molar-refractivity contribution < 1.29 is 13.2 Å². The van der Waals surface area contributed by atoms with E-state index in [-0.39, 0.29) is 10.8 Å². The summed E-state index contributed by atoms with van der Waals surface area (Å²) in [6.45, 7) is 1.95. The van der Waals surface area contributed by atoms with Crippen LogP contribution in [-0.2, 0) is 10.0 Å². The van der Waals surface area contributed by atoms with Crippen molar-refractivity contribution in [3.8, 4) is 0 Å². The van der Waals surface area contributed by atoms with Gasteiger partial charge in [0.15, 0.2) is 0 Å². The van der Waals surface area contributed by atoms with Crippen molar-refractivity contribution in [3.05, 3.63) is 29.8 Å². The first-order valence-corrected chi connectivity index (χ1v) is 12.8. The summed E-state index contributed by atoms with van der Waals surface area (Å²) in [5, 5.41) is 3.18. The topological polar surface area (TPSA) is 66.5 Å². The maximum absolute atomic E-state index is 12.8. The second kappa shape index (κ2) is 7.38. The summed E-state index contributed by atoms with van der Waals surface area (Å²) in [6.07, 6.45) is 11.0. The summed E-state index contributed by atoms with van der Waals surface area (Å²) in [5.74, 6) is 2.54. The van der Waals surface area contributed by atoms with Crippen LogP contribution in [0, 0.1) is 23.2 Å². The SMILES string of the molecule is O=C(NCC12CC3CC(CC(C3)C1)C2)c1ccc(S(=O)(=O)N2CCCCC2)cc1. The van der Waals surface area contributed by atoms with Crippen LogP contribution < -0.4 is 5.32 Å². The Bertz CT molecular complexity index is 837. The number of rotatable bonds is 5. The van der Waals surface area contributed by atoms with Gasteiger partial charge in [-0.05, 0) is 98.8 Å². The van der Waals surface area contributed by atoms with E-state index in [4.69, 9.17) is 0 Å².